The lowest BCUT2D eigenvalue weighted by atomic mass is 9.85. The normalized spacial score (nSPS) is 34.4. The number of rotatable bonds is 3. The SMILES string of the molecule is C=C[C@]1(CC)O[C@@H](n2ccc(=O)[nH]c2=O)[C@@H](F)[C@@H]1C. The van der Waals surface area contributed by atoms with Gasteiger partial charge in [-0.3, -0.25) is 14.3 Å². The van der Waals surface area contributed by atoms with Crippen molar-refractivity contribution >= 4 is 0 Å². The van der Waals surface area contributed by atoms with E-state index in [-0.39, 0.29) is 0 Å². The smallest absolute Gasteiger partial charge is 0.330 e. The summed E-state index contributed by atoms with van der Waals surface area (Å²) in [6.07, 6.45) is 1.01. The molecule has 6 heteroatoms. The average molecular weight is 268 g/mol. The number of nitrogens with zero attached hydrogens (tertiary/aromatic N) is 1. The standard InChI is InChI=1S/C13H17FN2O3/c1-4-13(5-2)8(3)10(14)11(19-13)16-7-6-9(17)15-12(16)18/h4,6-8,10-11H,1,5H2,2-3H3,(H,15,17,18)/t8-,10-,11+,13+/m0/s1. The second kappa shape index (κ2) is 4.77. The summed E-state index contributed by atoms with van der Waals surface area (Å²) in [6, 6.07) is 1.17. The number of aromatic nitrogens is 2. The summed E-state index contributed by atoms with van der Waals surface area (Å²) in [5, 5.41) is 0. The Bertz CT molecular complexity index is 594. The van der Waals surface area contributed by atoms with Crippen LogP contribution in [0.1, 0.15) is 26.5 Å². The van der Waals surface area contributed by atoms with E-state index in [9.17, 15) is 14.0 Å². The van der Waals surface area contributed by atoms with Crippen LogP contribution in [0, 0.1) is 5.92 Å². The summed E-state index contributed by atoms with van der Waals surface area (Å²) in [6.45, 7) is 7.30. The Kier molecular flexibility index (Phi) is 3.45. The van der Waals surface area contributed by atoms with Crippen molar-refractivity contribution in [1.29, 1.82) is 0 Å². The molecule has 2 rings (SSSR count). The fourth-order valence-corrected chi connectivity index (χ4v) is 2.54. The Balaban J connectivity index is 2.45. The molecule has 0 saturated carbocycles. The number of alkyl halides is 1. The molecule has 0 aromatic carbocycles. The molecule has 4 atom stereocenters. The minimum absolute atomic E-state index is 0.418. The first kappa shape index (κ1) is 13.7. The molecule has 0 spiro atoms. The largest absolute Gasteiger partial charge is 0.344 e. The van der Waals surface area contributed by atoms with Gasteiger partial charge in [0, 0.05) is 18.2 Å². The highest BCUT2D eigenvalue weighted by atomic mass is 19.1. The Labute approximate surface area is 109 Å². The van der Waals surface area contributed by atoms with Gasteiger partial charge in [0.15, 0.2) is 12.4 Å². The van der Waals surface area contributed by atoms with Gasteiger partial charge in [0.2, 0.25) is 0 Å². The predicted molar refractivity (Wildman–Crippen MR) is 68.7 cm³/mol. The zero-order valence-electron chi connectivity index (χ0n) is 10.9. The van der Waals surface area contributed by atoms with Gasteiger partial charge in [-0.1, -0.05) is 19.9 Å². The van der Waals surface area contributed by atoms with Crippen molar-refractivity contribution in [1.82, 2.24) is 9.55 Å². The van der Waals surface area contributed by atoms with Crippen LogP contribution in [-0.2, 0) is 4.74 Å². The van der Waals surface area contributed by atoms with Crippen LogP contribution < -0.4 is 11.2 Å². The van der Waals surface area contributed by atoms with Crippen LogP contribution >= 0.6 is 0 Å². The highest BCUT2D eigenvalue weighted by molar-refractivity contribution is 5.08. The third-order valence-corrected chi connectivity index (χ3v) is 3.88. The molecular formula is C13H17FN2O3. The Morgan fingerprint density at radius 1 is 1.63 bits per heavy atom. The first-order valence-electron chi connectivity index (χ1n) is 6.22. The number of hydrogen-bond donors (Lipinski definition) is 1. The highest BCUT2D eigenvalue weighted by Crippen LogP contribution is 2.45. The third kappa shape index (κ3) is 2.06. The van der Waals surface area contributed by atoms with E-state index in [1.54, 1.807) is 13.0 Å². The minimum atomic E-state index is -1.35. The van der Waals surface area contributed by atoms with Crippen LogP contribution in [0.25, 0.3) is 0 Å². The molecule has 1 N–H and O–H groups in total. The van der Waals surface area contributed by atoms with E-state index in [1.807, 2.05) is 6.92 Å². The number of hydrogen-bond acceptors (Lipinski definition) is 3. The van der Waals surface area contributed by atoms with Gasteiger partial charge in [0.05, 0.1) is 5.60 Å². The molecule has 0 bridgehead atoms. The first-order valence-corrected chi connectivity index (χ1v) is 6.22. The number of H-pyrrole nitrogens is 1. The van der Waals surface area contributed by atoms with E-state index in [1.165, 1.54) is 12.3 Å². The fourth-order valence-electron chi connectivity index (χ4n) is 2.54. The van der Waals surface area contributed by atoms with Crippen LogP contribution in [0.15, 0.2) is 34.5 Å². The molecule has 2 heterocycles. The van der Waals surface area contributed by atoms with Crippen molar-refractivity contribution in [3.8, 4) is 0 Å². The van der Waals surface area contributed by atoms with Crippen LogP contribution in [0.2, 0.25) is 0 Å². The molecule has 1 aromatic rings. The van der Waals surface area contributed by atoms with Gasteiger partial charge >= 0.3 is 5.69 Å². The van der Waals surface area contributed by atoms with Gasteiger partial charge in [0.25, 0.3) is 5.56 Å². The van der Waals surface area contributed by atoms with Crippen LogP contribution in [-0.4, -0.2) is 21.3 Å². The second-order valence-electron chi connectivity index (χ2n) is 4.77. The lowest BCUT2D eigenvalue weighted by Crippen LogP contribution is -2.34. The molecule has 5 nitrogen and oxygen atoms in total. The minimum Gasteiger partial charge on any atom is -0.344 e. The predicted octanol–water partition coefficient (Wildman–Crippen LogP) is 1.37. The summed E-state index contributed by atoms with van der Waals surface area (Å²) in [5.41, 5.74) is -1.99. The molecule has 1 aliphatic rings. The number of aromatic amines is 1. The maximum Gasteiger partial charge on any atom is 0.330 e. The van der Waals surface area contributed by atoms with E-state index < -0.39 is 35.2 Å². The molecule has 104 valence electrons. The van der Waals surface area contributed by atoms with E-state index in [0.717, 1.165) is 4.57 Å². The fraction of sp³-hybridized carbons (Fsp3) is 0.538. The van der Waals surface area contributed by atoms with E-state index in [0.29, 0.717) is 6.42 Å². The van der Waals surface area contributed by atoms with Gasteiger partial charge in [-0.2, -0.15) is 0 Å². The summed E-state index contributed by atoms with van der Waals surface area (Å²) in [5.74, 6) is -0.418. The van der Waals surface area contributed by atoms with Crippen molar-refractivity contribution in [3.63, 3.8) is 0 Å². The number of nitrogens with one attached hydrogen (secondary N) is 1. The molecule has 1 aromatic heterocycles. The van der Waals surface area contributed by atoms with Crippen molar-refractivity contribution < 1.29 is 9.13 Å². The molecule has 0 amide bonds. The topological polar surface area (TPSA) is 64.1 Å². The first-order chi connectivity index (χ1) is 8.95. The highest BCUT2D eigenvalue weighted by Gasteiger charge is 2.51. The average Bonchev–Trinajstić information content (AvgIpc) is 2.64. The second-order valence-corrected chi connectivity index (χ2v) is 4.77. The lowest BCUT2D eigenvalue weighted by Gasteiger charge is -2.27. The van der Waals surface area contributed by atoms with Crippen molar-refractivity contribution in [2.24, 2.45) is 5.92 Å². The molecule has 1 saturated heterocycles. The van der Waals surface area contributed by atoms with Gasteiger partial charge in [-0.15, -0.1) is 6.58 Å². The zero-order chi connectivity index (χ0) is 14.2. The lowest BCUT2D eigenvalue weighted by molar-refractivity contribution is -0.0640. The Morgan fingerprint density at radius 3 is 2.79 bits per heavy atom. The van der Waals surface area contributed by atoms with Crippen LogP contribution in [0.4, 0.5) is 4.39 Å². The number of halogens is 1. The van der Waals surface area contributed by atoms with Gasteiger partial charge in [-0.05, 0) is 6.42 Å². The quantitative estimate of drug-likeness (QED) is 0.842. The van der Waals surface area contributed by atoms with Crippen molar-refractivity contribution in [2.75, 3.05) is 0 Å². The van der Waals surface area contributed by atoms with Crippen LogP contribution in [0.3, 0.4) is 0 Å². The number of ether oxygens (including phenoxy) is 1. The zero-order valence-corrected chi connectivity index (χ0v) is 10.9. The van der Waals surface area contributed by atoms with Crippen molar-refractivity contribution in [2.45, 2.75) is 38.3 Å². The summed E-state index contributed by atoms with van der Waals surface area (Å²) < 4.78 is 21.2. The van der Waals surface area contributed by atoms with Gasteiger partial charge in [0.1, 0.15) is 0 Å². The molecule has 0 aliphatic carbocycles. The summed E-state index contributed by atoms with van der Waals surface area (Å²) in [7, 11) is 0. The van der Waals surface area contributed by atoms with E-state index in [4.69, 9.17) is 4.74 Å². The summed E-state index contributed by atoms with van der Waals surface area (Å²) in [4.78, 5) is 24.8. The Hall–Kier alpha value is -1.69. The van der Waals surface area contributed by atoms with E-state index >= 15 is 0 Å². The van der Waals surface area contributed by atoms with Gasteiger partial charge in [-0.25, -0.2) is 9.18 Å². The molecule has 0 unspecified atom stereocenters. The molecular weight excluding hydrogens is 251 g/mol. The Morgan fingerprint density at radius 2 is 2.32 bits per heavy atom. The van der Waals surface area contributed by atoms with Crippen LogP contribution in [0.5, 0.6) is 0 Å². The van der Waals surface area contributed by atoms with E-state index in [2.05, 4.69) is 11.6 Å². The molecule has 1 aliphatic heterocycles. The molecule has 19 heavy (non-hydrogen) atoms. The summed E-state index contributed by atoms with van der Waals surface area (Å²) >= 11 is 0. The van der Waals surface area contributed by atoms with Gasteiger partial charge < -0.3 is 4.74 Å². The monoisotopic (exact) mass is 268 g/mol. The van der Waals surface area contributed by atoms with Crippen molar-refractivity contribution in [3.05, 3.63) is 45.8 Å². The molecule has 0 radical (unpaired) electrons. The maximum atomic E-state index is 14.4. The third-order valence-electron chi connectivity index (χ3n) is 3.88. The maximum absolute atomic E-state index is 14.4. The molecule has 1 fully saturated rings.